The molecule has 0 saturated carbocycles. The molecule has 0 aliphatic carbocycles. The third kappa shape index (κ3) is 5.72. The Labute approximate surface area is 112 Å². The normalized spacial score (nSPS) is 11.5. The third-order valence-electron chi connectivity index (χ3n) is 2.42. The zero-order valence-corrected chi connectivity index (χ0v) is 11.0. The van der Waals surface area contributed by atoms with Crippen molar-refractivity contribution in [1.82, 2.24) is 5.32 Å². The molecule has 1 rings (SSSR count). The van der Waals surface area contributed by atoms with Gasteiger partial charge in [0.15, 0.2) is 0 Å². The fourth-order valence-corrected chi connectivity index (χ4v) is 1.58. The first-order chi connectivity index (χ1) is 8.78. The van der Waals surface area contributed by atoms with E-state index in [9.17, 15) is 9.59 Å². The third-order valence-corrected chi connectivity index (χ3v) is 2.42. The van der Waals surface area contributed by atoms with Gasteiger partial charge in [0.1, 0.15) is 0 Å². The Morgan fingerprint density at radius 1 is 1.32 bits per heavy atom. The van der Waals surface area contributed by atoms with Crippen LogP contribution >= 0.6 is 0 Å². The lowest BCUT2D eigenvalue weighted by atomic mass is 10.0. The molecular weight excluding hydrogens is 244 g/mol. The van der Waals surface area contributed by atoms with Crippen molar-refractivity contribution in [3.63, 3.8) is 0 Å². The number of carbonyl (C=O) groups is 2. The second-order valence-electron chi connectivity index (χ2n) is 4.94. The molecule has 0 atom stereocenters. The van der Waals surface area contributed by atoms with Gasteiger partial charge < -0.3 is 16.2 Å². The average molecular weight is 262 g/mol. The van der Waals surface area contributed by atoms with E-state index in [-0.39, 0.29) is 12.3 Å². The van der Waals surface area contributed by atoms with E-state index in [0.29, 0.717) is 5.69 Å². The SMILES string of the molecule is CC(C)(CC(=O)O)NC(=O)/C=C/c1ccc(N)cc1. The van der Waals surface area contributed by atoms with Crippen molar-refractivity contribution in [2.45, 2.75) is 25.8 Å². The lowest BCUT2D eigenvalue weighted by Crippen LogP contribution is -2.44. The fraction of sp³-hybridized carbons (Fsp3) is 0.286. The molecule has 1 amide bonds. The van der Waals surface area contributed by atoms with Crippen molar-refractivity contribution in [2.24, 2.45) is 0 Å². The molecule has 0 saturated heterocycles. The van der Waals surface area contributed by atoms with Crippen molar-refractivity contribution in [1.29, 1.82) is 0 Å². The van der Waals surface area contributed by atoms with Gasteiger partial charge >= 0.3 is 5.97 Å². The van der Waals surface area contributed by atoms with Crippen LogP contribution in [-0.2, 0) is 9.59 Å². The Bertz CT molecular complexity index is 490. The van der Waals surface area contributed by atoms with Crippen LogP contribution in [-0.4, -0.2) is 22.5 Å². The molecule has 0 radical (unpaired) electrons. The van der Waals surface area contributed by atoms with Gasteiger partial charge in [0.2, 0.25) is 5.91 Å². The van der Waals surface area contributed by atoms with Gasteiger partial charge in [-0.15, -0.1) is 0 Å². The topological polar surface area (TPSA) is 92.4 Å². The van der Waals surface area contributed by atoms with Crippen LogP contribution in [0.1, 0.15) is 25.8 Å². The summed E-state index contributed by atoms with van der Waals surface area (Å²) < 4.78 is 0. The minimum absolute atomic E-state index is 0.131. The van der Waals surface area contributed by atoms with Gasteiger partial charge in [0.05, 0.1) is 6.42 Å². The van der Waals surface area contributed by atoms with Crippen LogP contribution in [0.2, 0.25) is 0 Å². The highest BCUT2D eigenvalue weighted by Gasteiger charge is 2.22. The maximum atomic E-state index is 11.7. The maximum absolute atomic E-state index is 11.7. The van der Waals surface area contributed by atoms with Crippen LogP contribution in [0, 0.1) is 0 Å². The second-order valence-corrected chi connectivity index (χ2v) is 4.94. The number of hydrogen-bond acceptors (Lipinski definition) is 3. The molecule has 1 aromatic carbocycles. The molecule has 0 spiro atoms. The van der Waals surface area contributed by atoms with Crippen LogP contribution in [0.5, 0.6) is 0 Å². The van der Waals surface area contributed by atoms with E-state index in [1.807, 2.05) is 0 Å². The standard InChI is InChI=1S/C14H18N2O3/c1-14(2,9-13(18)19)16-12(17)8-5-10-3-6-11(15)7-4-10/h3-8H,9,15H2,1-2H3,(H,16,17)(H,18,19)/b8-5+. The van der Waals surface area contributed by atoms with Gasteiger partial charge in [-0.2, -0.15) is 0 Å². The number of nitrogens with one attached hydrogen (secondary N) is 1. The van der Waals surface area contributed by atoms with E-state index in [0.717, 1.165) is 5.56 Å². The summed E-state index contributed by atoms with van der Waals surface area (Å²) in [5.41, 5.74) is 6.27. The summed E-state index contributed by atoms with van der Waals surface area (Å²) in [4.78, 5) is 22.3. The van der Waals surface area contributed by atoms with Crippen molar-refractivity contribution in [3.8, 4) is 0 Å². The molecule has 0 aliphatic rings. The van der Waals surface area contributed by atoms with Crippen LogP contribution in [0.25, 0.3) is 6.08 Å². The number of nitrogen functional groups attached to an aromatic ring is 1. The largest absolute Gasteiger partial charge is 0.481 e. The van der Waals surface area contributed by atoms with E-state index < -0.39 is 11.5 Å². The van der Waals surface area contributed by atoms with E-state index in [1.165, 1.54) is 6.08 Å². The molecule has 0 fully saturated rings. The first kappa shape index (κ1) is 14.8. The highest BCUT2D eigenvalue weighted by molar-refractivity contribution is 5.92. The number of carbonyl (C=O) groups excluding carboxylic acids is 1. The predicted octanol–water partition coefficient (Wildman–Crippen LogP) is 1.65. The predicted molar refractivity (Wildman–Crippen MR) is 74.4 cm³/mol. The van der Waals surface area contributed by atoms with Crippen LogP contribution in [0.4, 0.5) is 5.69 Å². The summed E-state index contributed by atoms with van der Waals surface area (Å²) in [7, 11) is 0. The molecule has 4 N–H and O–H groups in total. The highest BCUT2D eigenvalue weighted by atomic mass is 16.4. The summed E-state index contributed by atoms with van der Waals surface area (Å²) in [5, 5.41) is 11.4. The monoisotopic (exact) mass is 262 g/mol. The van der Waals surface area contributed by atoms with Gasteiger partial charge in [0, 0.05) is 17.3 Å². The van der Waals surface area contributed by atoms with Crippen molar-refractivity contribution < 1.29 is 14.7 Å². The van der Waals surface area contributed by atoms with E-state index >= 15 is 0 Å². The van der Waals surface area contributed by atoms with Crippen molar-refractivity contribution in [2.75, 3.05) is 5.73 Å². The summed E-state index contributed by atoms with van der Waals surface area (Å²) in [6.07, 6.45) is 2.88. The minimum Gasteiger partial charge on any atom is -0.481 e. The van der Waals surface area contributed by atoms with Crippen LogP contribution in [0.3, 0.4) is 0 Å². The number of hydrogen-bond donors (Lipinski definition) is 3. The van der Waals surface area contributed by atoms with Gasteiger partial charge in [0.25, 0.3) is 0 Å². The Balaban J connectivity index is 2.60. The van der Waals surface area contributed by atoms with E-state index in [4.69, 9.17) is 10.8 Å². The number of carboxylic acids is 1. The van der Waals surface area contributed by atoms with Crippen LogP contribution in [0.15, 0.2) is 30.3 Å². The summed E-state index contributed by atoms with van der Waals surface area (Å²) >= 11 is 0. The minimum atomic E-state index is -0.951. The summed E-state index contributed by atoms with van der Waals surface area (Å²) in [6.45, 7) is 3.33. The number of anilines is 1. The Kier molecular flexibility index (Phi) is 4.69. The number of carboxylic acid groups (broad SMARTS) is 1. The lowest BCUT2D eigenvalue weighted by molar-refractivity contribution is -0.138. The first-order valence-corrected chi connectivity index (χ1v) is 5.86. The van der Waals surface area contributed by atoms with E-state index in [1.54, 1.807) is 44.2 Å². The van der Waals surface area contributed by atoms with Gasteiger partial charge in [-0.1, -0.05) is 12.1 Å². The zero-order valence-electron chi connectivity index (χ0n) is 11.0. The molecule has 5 heteroatoms. The second kappa shape index (κ2) is 6.04. The molecule has 0 aromatic heterocycles. The van der Waals surface area contributed by atoms with Gasteiger partial charge in [-0.25, -0.2) is 0 Å². The molecule has 1 aromatic rings. The zero-order chi connectivity index (χ0) is 14.5. The molecule has 0 bridgehead atoms. The number of benzene rings is 1. The Morgan fingerprint density at radius 3 is 2.42 bits per heavy atom. The quantitative estimate of drug-likeness (QED) is 0.555. The number of aliphatic carboxylic acids is 1. The Hall–Kier alpha value is -2.30. The molecule has 19 heavy (non-hydrogen) atoms. The van der Waals surface area contributed by atoms with Crippen LogP contribution < -0.4 is 11.1 Å². The molecule has 5 nitrogen and oxygen atoms in total. The van der Waals surface area contributed by atoms with Crippen molar-refractivity contribution in [3.05, 3.63) is 35.9 Å². The Morgan fingerprint density at radius 2 is 1.89 bits per heavy atom. The maximum Gasteiger partial charge on any atom is 0.305 e. The summed E-state index contributed by atoms with van der Waals surface area (Å²) in [5.74, 6) is -1.28. The van der Waals surface area contributed by atoms with E-state index in [2.05, 4.69) is 5.32 Å². The molecule has 0 unspecified atom stereocenters. The highest BCUT2D eigenvalue weighted by Crippen LogP contribution is 2.09. The molecule has 0 heterocycles. The fourth-order valence-electron chi connectivity index (χ4n) is 1.58. The van der Waals surface area contributed by atoms with Crippen molar-refractivity contribution >= 4 is 23.6 Å². The summed E-state index contributed by atoms with van der Waals surface area (Å²) in [6, 6.07) is 7.07. The van der Waals surface area contributed by atoms with Gasteiger partial charge in [-0.05, 0) is 37.6 Å². The number of rotatable bonds is 5. The number of nitrogens with two attached hydrogens (primary N) is 1. The smallest absolute Gasteiger partial charge is 0.305 e. The molecule has 0 aliphatic heterocycles. The average Bonchev–Trinajstić information content (AvgIpc) is 2.25. The molecular formula is C14H18N2O3. The number of amides is 1. The first-order valence-electron chi connectivity index (χ1n) is 5.86. The van der Waals surface area contributed by atoms with Gasteiger partial charge in [-0.3, -0.25) is 9.59 Å². The molecule has 102 valence electrons. The lowest BCUT2D eigenvalue weighted by Gasteiger charge is -2.23.